The van der Waals surface area contributed by atoms with Gasteiger partial charge in [0.25, 0.3) is 5.91 Å². The smallest absolute Gasteiger partial charge is 0.410 e. The van der Waals surface area contributed by atoms with Crippen molar-refractivity contribution in [3.63, 3.8) is 0 Å². The van der Waals surface area contributed by atoms with Crippen LogP contribution in [0.5, 0.6) is 0 Å². The lowest BCUT2D eigenvalue weighted by atomic mass is 10.0. The lowest BCUT2D eigenvalue weighted by Crippen LogP contribution is -2.51. The molecule has 3 unspecified atom stereocenters. The SMILES string of the molecule is CC(C)CC(C(=O)O)N(C)C(=O)C(Cc1ccc(N2CCOCC2)cc1)OC(=O)C(CC1CC1)N(C)C(=O)OC(C)(C)C. The Kier molecular flexibility index (Phi) is 11.8. The van der Waals surface area contributed by atoms with E-state index >= 15 is 0 Å². The van der Waals surface area contributed by atoms with Crippen LogP contribution in [0.1, 0.15) is 65.9 Å². The Balaban J connectivity index is 1.86. The number of morpholine rings is 1. The third kappa shape index (κ3) is 10.4. The van der Waals surface area contributed by atoms with E-state index in [1.807, 2.05) is 38.1 Å². The molecule has 1 aromatic carbocycles. The maximum atomic E-state index is 13.8. The number of rotatable bonds is 13. The number of carbonyl (C=O) groups is 4. The van der Waals surface area contributed by atoms with E-state index in [1.54, 1.807) is 20.8 Å². The van der Waals surface area contributed by atoms with E-state index in [2.05, 4.69) is 4.90 Å². The molecule has 1 N–H and O–H groups in total. The van der Waals surface area contributed by atoms with Crippen LogP contribution in [0.15, 0.2) is 24.3 Å². The summed E-state index contributed by atoms with van der Waals surface area (Å²) in [6.45, 7) is 11.9. The fourth-order valence-corrected chi connectivity index (χ4v) is 5.07. The molecule has 0 bridgehead atoms. The predicted molar refractivity (Wildman–Crippen MR) is 162 cm³/mol. The van der Waals surface area contributed by atoms with Gasteiger partial charge >= 0.3 is 18.0 Å². The van der Waals surface area contributed by atoms with Gasteiger partial charge in [-0.2, -0.15) is 0 Å². The molecule has 2 aliphatic rings. The van der Waals surface area contributed by atoms with Crippen LogP contribution in [-0.2, 0) is 35.0 Å². The first-order chi connectivity index (χ1) is 20.2. The highest BCUT2D eigenvalue weighted by Gasteiger charge is 2.40. The molecular weight excluding hydrogens is 554 g/mol. The Morgan fingerprint density at radius 1 is 1.00 bits per heavy atom. The molecular formula is C32H49N3O8. The molecule has 3 atom stereocenters. The highest BCUT2D eigenvalue weighted by molar-refractivity contribution is 5.89. The number of likely N-dealkylation sites (N-methyl/N-ethyl adjacent to an activating group) is 2. The average Bonchev–Trinajstić information content (AvgIpc) is 3.77. The van der Waals surface area contributed by atoms with Gasteiger partial charge in [-0.3, -0.25) is 9.69 Å². The molecule has 1 heterocycles. The number of amides is 2. The van der Waals surface area contributed by atoms with Crippen LogP contribution in [0.3, 0.4) is 0 Å². The lowest BCUT2D eigenvalue weighted by molar-refractivity contribution is -0.166. The Labute approximate surface area is 255 Å². The zero-order chi connectivity index (χ0) is 31.9. The first-order valence-electron chi connectivity index (χ1n) is 15.2. The van der Waals surface area contributed by atoms with E-state index in [1.165, 1.54) is 19.0 Å². The minimum Gasteiger partial charge on any atom is -0.480 e. The zero-order valence-electron chi connectivity index (χ0n) is 26.7. The summed E-state index contributed by atoms with van der Waals surface area (Å²) in [5.41, 5.74) is 1.03. The molecule has 11 heteroatoms. The normalized spacial score (nSPS) is 17.5. The molecule has 1 saturated heterocycles. The number of esters is 1. The van der Waals surface area contributed by atoms with Crippen molar-refractivity contribution >= 4 is 29.6 Å². The summed E-state index contributed by atoms with van der Waals surface area (Å²) < 4.78 is 16.9. The number of ether oxygens (including phenoxy) is 3. The van der Waals surface area contributed by atoms with Crippen LogP contribution in [0.2, 0.25) is 0 Å². The van der Waals surface area contributed by atoms with Crippen molar-refractivity contribution < 1.29 is 38.5 Å². The summed E-state index contributed by atoms with van der Waals surface area (Å²) in [5, 5.41) is 9.90. The van der Waals surface area contributed by atoms with E-state index < -0.39 is 47.7 Å². The molecule has 2 amide bonds. The van der Waals surface area contributed by atoms with E-state index in [0.29, 0.717) is 19.6 Å². The van der Waals surface area contributed by atoms with Crippen molar-refractivity contribution in [3.05, 3.63) is 29.8 Å². The van der Waals surface area contributed by atoms with Crippen LogP contribution in [0.25, 0.3) is 0 Å². The molecule has 11 nitrogen and oxygen atoms in total. The van der Waals surface area contributed by atoms with Crippen LogP contribution in [0, 0.1) is 11.8 Å². The first kappa shape index (κ1) is 34.2. The summed E-state index contributed by atoms with van der Waals surface area (Å²) in [4.78, 5) is 57.2. The largest absolute Gasteiger partial charge is 0.480 e. The van der Waals surface area contributed by atoms with Gasteiger partial charge in [0, 0.05) is 39.3 Å². The maximum Gasteiger partial charge on any atom is 0.410 e. The predicted octanol–water partition coefficient (Wildman–Crippen LogP) is 3.97. The molecule has 0 spiro atoms. The van der Waals surface area contributed by atoms with Crippen LogP contribution >= 0.6 is 0 Å². The Bertz CT molecular complexity index is 1110. The van der Waals surface area contributed by atoms with Gasteiger partial charge in [-0.05, 0) is 63.1 Å². The fraction of sp³-hybridized carbons (Fsp3) is 0.688. The van der Waals surface area contributed by atoms with E-state index in [-0.39, 0.29) is 24.7 Å². The Morgan fingerprint density at radius 2 is 1.60 bits per heavy atom. The van der Waals surface area contributed by atoms with Crippen LogP contribution in [0.4, 0.5) is 10.5 Å². The van der Waals surface area contributed by atoms with Crippen LogP contribution in [-0.4, -0.2) is 103 Å². The third-order valence-corrected chi connectivity index (χ3v) is 7.74. The zero-order valence-corrected chi connectivity index (χ0v) is 26.7. The van der Waals surface area contributed by atoms with Crippen molar-refractivity contribution in [2.24, 2.45) is 11.8 Å². The topological polar surface area (TPSA) is 126 Å². The number of carboxylic acid groups (broad SMARTS) is 1. The monoisotopic (exact) mass is 603 g/mol. The van der Waals surface area contributed by atoms with Gasteiger partial charge in [-0.1, -0.05) is 38.8 Å². The number of carbonyl (C=O) groups excluding carboxylic acids is 3. The molecule has 240 valence electrons. The first-order valence-corrected chi connectivity index (χ1v) is 15.2. The molecule has 3 rings (SSSR count). The standard InChI is InChI=1S/C32H49N3O8/c1-21(2)18-25(29(37)38)33(6)28(36)27(20-23-10-12-24(13-11-23)35-14-16-41-17-15-35)42-30(39)26(19-22-8-9-22)34(7)31(40)43-32(3,4)5/h10-13,21-22,25-27H,8-9,14-20H2,1-7H3,(H,37,38). The molecule has 1 saturated carbocycles. The number of aliphatic carboxylic acids is 1. The fourth-order valence-electron chi connectivity index (χ4n) is 5.07. The van der Waals surface area contributed by atoms with Crippen molar-refractivity contribution in [2.75, 3.05) is 45.3 Å². The number of nitrogens with zero attached hydrogens (tertiary/aromatic N) is 3. The molecule has 1 aliphatic heterocycles. The Hall–Kier alpha value is -3.34. The second kappa shape index (κ2) is 14.9. The molecule has 0 aromatic heterocycles. The minimum absolute atomic E-state index is 0.0236. The summed E-state index contributed by atoms with van der Waals surface area (Å²) in [6.07, 6.45) is 0.650. The molecule has 1 aliphatic carbocycles. The second-order valence-electron chi connectivity index (χ2n) is 13.1. The van der Waals surface area contributed by atoms with E-state index in [4.69, 9.17) is 14.2 Å². The van der Waals surface area contributed by atoms with Gasteiger partial charge in [-0.15, -0.1) is 0 Å². The third-order valence-electron chi connectivity index (χ3n) is 7.74. The maximum absolute atomic E-state index is 13.8. The quantitative estimate of drug-likeness (QED) is 0.333. The average molecular weight is 604 g/mol. The summed E-state index contributed by atoms with van der Waals surface area (Å²) in [6, 6.07) is 5.66. The van der Waals surface area contributed by atoms with Crippen molar-refractivity contribution in [1.29, 1.82) is 0 Å². The molecule has 2 fully saturated rings. The number of hydrogen-bond donors (Lipinski definition) is 1. The van der Waals surface area contributed by atoms with E-state index in [0.717, 1.165) is 42.1 Å². The summed E-state index contributed by atoms with van der Waals surface area (Å²) in [5.74, 6) is -2.15. The summed E-state index contributed by atoms with van der Waals surface area (Å²) >= 11 is 0. The van der Waals surface area contributed by atoms with Crippen molar-refractivity contribution in [2.45, 2.75) is 90.5 Å². The lowest BCUT2D eigenvalue weighted by Gasteiger charge is -2.32. The van der Waals surface area contributed by atoms with E-state index in [9.17, 15) is 24.3 Å². The van der Waals surface area contributed by atoms with Gasteiger partial charge in [0.2, 0.25) is 0 Å². The molecule has 1 aromatic rings. The number of hydrogen-bond acceptors (Lipinski definition) is 8. The highest BCUT2D eigenvalue weighted by atomic mass is 16.6. The number of carboxylic acids is 1. The number of anilines is 1. The van der Waals surface area contributed by atoms with Crippen molar-refractivity contribution in [3.8, 4) is 0 Å². The summed E-state index contributed by atoms with van der Waals surface area (Å²) in [7, 11) is 2.93. The van der Waals surface area contributed by atoms with Gasteiger partial charge in [-0.25, -0.2) is 14.4 Å². The van der Waals surface area contributed by atoms with Gasteiger partial charge in [0.15, 0.2) is 6.10 Å². The molecule has 0 radical (unpaired) electrons. The minimum atomic E-state index is -1.28. The Morgan fingerprint density at radius 3 is 2.12 bits per heavy atom. The number of benzene rings is 1. The highest BCUT2D eigenvalue weighted by Crippen LogP contribution is 2.35. The second-order valence-corrected chi connectivity index (χ2v) is 13.1. The van der Waals surface area contributed by atoms with Crippen molar-refractivity contribution in [1.82, 2.24) is 9.80 Å². The van der Waals surface area contributed by atoms with Gasteiger partial charge in [0.1, 0.15) is 17.7 Å². The van der Waals surface area contributed by atoms with Gasteiger partial charge in [0.05, 0.1) is 13.2 Å². The van der Waals surface area contributed by atoms with Gasteiger partial charge < -0.3 is 29.1 Å². The molecule has 43 heavy (non-hydrogen) atoms. The van der Waals surface area contributed by atoms with Crippen LogP contribution < -0.4 is 4.90 Å².